The first kappa shape index (κ1) is 17.1. The largest absolute Gasteiger partial charge is 0.465 e. The molecule has 2 rings (SSSR count). The third-order valence-corrected chi connectivity index (χ3v) is 4.05. The first-order chi connectivity index (χ1) is 10.9. The van der Waals surface area contributed by atoms with Crippen molar-refractivity contribution in [1.82, 2.24) is 19.9 Å². The monoisotopic (exact) mass is 338 g/mol. The number of esters is 1. The van der Waals surface area contributed by atoms with Gasteiger partial charge in [0.1, 0.15) is 12.1 Å². The predicted molar refractivity (Wildman–Crippen MR) is 86.4 cm³/mol. The minimum atomic E-state index is -0.486. The Kier molecular flexibility index (Phi) is 5.43. The van der Waals surface area contributed by atoms with E-state index in [1.807, 2.05) is 6.92 Å². The zero-order valence-corrected chi connectivity index (χ0v) is 14.0. The van der Waals surface area contributed by atoms with Gasteiger partial charge in [-0.2, -0.15) is 0 Å². The van der Waals surface area contributed by atoms with Gasteiger partial charge in [0, 0.05) is 12.7 Å². The number of carbonyl (C=O) groups is 2. The first-order valence-corrected chi connectivity index (χ1v) is 8.02. The van der Waals surface area contributed by atoms with Crippen LogP contribution in [0.5, 0.6) is 0 Å². The van der Waals surface area contributed by atoms with Crippen LogP contribution in [-0.4, -0.2) is 45.3 Å². The van der Waals surface area contributed by atoms with Gasteiger partial charge in [-0.05, 0) is 19.9 Å². The average Bonchev–Trinajstić information content (AvgIpc) is 2.88. The third kappa shape index (κ3) is 4.13. The molecule has 124 valence electrons. The van der Waals surface area contributed by atoms with Crippen LogP contribution in [-0.2, 0) is 21.4 Å². The number of ether oxygens (including phenoxy) is 1. The number of aromatic nitrogens is 3. The second kappa shape index (κ2) is 7.32. The van der Waals surface area contributed by atoms with Gasteiger partial charge in [-0.3, -0.25) is 19.0 Å². The molecule has 0 atom stereocenters. The number of nitrogens with one attached hydrogen (secondary N) is 2. The minimum absolute atomic E-state index is 0.0502. The number of aryl methyl sites for hydroxylation is 1. The minimum Gasteiger partial charge on any atom is -0.465 e. The molecule has 23 heavy (non-hydrogen) atoms. The summed E-state index contributed by atoms with van der Waals surface area (Å²) < 4.78 is 6.11. The summed E-state index contributed by atoms with van der Waals surface area (Å²) in [5, 5.41) is 2.89. The summed E-state index contributed by atoms with van der Waals surface area (Å²) in [5.41, 5.74) is 1.66. The van der Waals surface area contributed by atoms with Crippen LogP contribution in [0.2, 0.25) is 0 Å². The lowest BCUT2D eigenvalue weighted by Gasteiger charge is -2.07. The van der Waals surface area contributed by atoms with Crippen LogP contribution in [0.3, 0.4) is 0 Å². The molecule has 8 nitrogen and oxygen atoms in total. The van der Waals surface area contributed by atoms with Crippen molar-refractivity contribution in [3.05, 3.63) is 22.1 Å². The quantitative estimate of drug-likeness (QED) is 0.447. The van der Waals surface area contributed by atoms with Crippen LogP contribution in [0.4, 0.5) is 0 Å². The van der Waals surface area contributed by atoms with E-state index in [0.29, 0.717) is 16.2 Å². The molecule has 2 aromatic rings. The average molecular weight is 338 g/mol. The van der Waals surface area contributed by atoms with Crippen molar-refractivity contribution in [3.8, 4) is 0 Å². The maximum absolute atomic E-state index is 12.2. The number of H-pyrrole nitrogens is 1. The molecular formula is C14H18N4O4S. The number of amides is 1. The van der Waals surface area contributed by atoms with E-state index in [4.69, 9.17) is 4.74 Å². The number of rotatable bonds is 6. The second-order valence-corrected chi connectivity index (χ2v) is 5.78. The first-order valence-electron chi connectivity index (χ1n) is 7.03. The van der Waals surface area contributed by atoms with E-state index in [1.54, 1.807) is 20.0 Å². The van der Waals surface area contributed by atoms with Gasteiger partial charge in [-0.1, -0.05) is 11.8 Å². The number of thioether (sulfide) groups is 1. The Bertz CT molecular complexity index is 796. The van der Waals surface area contributed by atoms with Crippen molar-refractivity contribution >= 4 is 34.7 Å². The van der Waals surface area contributed by atoms with Crippen molar-refractivity contribution in [2.45, 2.75) is 19.0 Å². The standard InChI is InChI=1S/C14H18N4O4S/c1-4-22-11(20)6-15-10(19)7-23-14-17-9-5-8(2)16-12(9)13(21)18(14)3/h5,16H,4,6-7H2,1-3H3,(H,15,19). The lowest BCUT2D eigenvalue weighted by atomic mass is 10.4. The van der Waals surface area contributed by atoms with Crippen molar-refractivity contribution < 1.29 is 14.3 Å². The van der Waals surface area contributed by atoms with Crippen LogP contribution in [0.1, 0.15) is 12.6 Å². The molecule has 0 bridgehead atoms. The van der Waals surface area contributed by atoms with Crippen molar-refractivity contribution in [1.29, 1.82) is 0 Å². The van der Waals surface area contributed by atoms with Gasteiger partial charge in [0.05, 0.1) is 17.9 Å². The maximum atomic E-state index is 12.2. The van der Waals surface area contributed by atoms with E-state index in [9.17, 15) is 14.4 Å². The summed E-state index contributed by atoms with van der Waals surface area (Å²) >= 11 is 1.13. The molecule has 1 amide bonds. The maximum Gasteiger partial charge on any atom is 0.325 e. The fourth-order valence-electron chi connectivity index (χ4n) is 1.95. The lowest BCUT2D eigenvalue weighted by molar-refractivity contribution is -0.143. The Hall–Kier alpha value is -2.29. The Morgan fingerprint density at radius 2 is 2.22 bits per heavy atom. The fraction of sp³-hybridized carbons (Fsp3) is 0.429. The summed E-state index contributed by atoms with van der Waals surface area (Å²) in [4.78, 5) is 42.4. The fourth-order valence-corrected chi connectivity index (χ4v) is 2.75. The van der Waals surface area contributed by atoms with E-state index in [-0.39, 0.29) is 30.4 Å². The predicted octanol–water partition coefficient (Wildman–Crippen LogP) is 0.341. The van der Waals surface area contributed by atoms with Crippen LogP contribution >= 0.6 is 11.8 Å². The Morgan fingerprint density at radius 3 is 2.91 bits per heavy atom. The molecule has 0 aromatic carbocycles. The molecule has 0 aliphatic heterocycles. The molecule has 2 heterocycles. The number of nitrogens with zero attached hydrogens (tertiary/aromatic N) is 2. The molecule has 0 fully saturated rings. The normalized spacial score (nSPS) is 10.7. The van der Waals surface area contributed by atoms with E-state index < -0.39 is 5.97 Å². The van der Waals surface area contributed by atoms with Crippen molar-refractivity contribution in [3.63, 3.8) is 0 Å². The molecule has 0 spiro atoms. The summed E-state index contributed by atoms with van der Waals surface area (Å²) in [6, 6.07) is 1.78. The SMILES string of the molecule is CCOC(=O)CNC(=O)CSc1nc2cc(C)[nH]c2c(=O)n1C. The van der Waals surface area contributed by atoms with E-state index in [1.165, 1.54) is 4.57 Å². The van der Waals surface area contributed by atoms with E-state index >= 15 is 0 Å². The Balaban J connectivity index is 2.02. The van der Waals surface area contributed by atoms with Gasteiger partial charge >= 0.3 is 5.97 Å². The molecule has 9 heteroatoms. The van der Waals surface area contributed by atoms with E-state index in [2.05, 4.69) is 15.3 Å². The number of hydrogen-bond acceptors (Lipinski definition) is 6. The van der Waals surface area contributed by atoms with Crippen LogP contribution < -0.4 is 10.9 Å². The van der Waals surface area contributed by atoms with Gasteiger partial charge in [0.2, 0.25) is 5.91 Å². The van der Waals surface area contributed by atoms with Gasteiger partial charge < -0.3 is 15.0 Å². The van der Waals surface area contributed by atoms with Crippen molar-refractivity contribution in [2.75, 3.05) is 18.9 Å². The van der Waals surface area contributed by atoms with Crippen LogP contribution in [0.15, 0.2) is 16.0 Å². The van der Waals surface area contributed by atoms with Gasteiger partial charge in [-0.25, -0.2) is 4.98 Å². The number of carbonyl (C=O) groups excluding carboxylic acids is 2. The number of hydrogen-bond donors (Lipinski definition) is 2. The van der Waals surface area contributed by atoms with Crippen LogP contribution in [0, 0.1) is 6.92 Å². The molecule has 0 aliphatic carbocycles. The highest BCUT2D eigenvalue weighted by molar-refractivity contribution is 7.99. The zero-order valence-electron chi connectivity index (χ0n) is 13.1. The molecule has 0 saturated heterocycles. The molecule has 0 saturated carbocycles. The molecule has 0 unspecified atom stereocenters. The molecule has 0 radical (unpaired) electrons. The summed E-state index contributed by atoms with van der Waals surface area (Å²) in [7, 11) is 1.60. The Morgan fingerprint density at radius 1 is 1.48 bits per heavy atom. The van der Waals surface area contributed by atoms with E-state index in [0.717, 1.165) is 17.5 Å². The topological polar surface area (TPSA) is 106 Å². The Labute approximate surface area is 136 Å². The number of aromatic amines is 1. The van der Waals surface area contributed by atoms with Crippen LogP contribution in [0.25, 0.3) is 11.0 Å². The molecule has 0 aliphatic rings. The summed E-state index contributed by atoms with van der Waals surface area (Å²) in [5.74, 6) is -0.766. The lowest BCUT2D eigenvalue weighted by Crippen LogP contribution is -2.32. The highest BCUT2D eigenvalue weighted by Crippen LogP contribution is 2.17. The van der Waals surface area contributed by atoms with Crippen molar-refractivity contribution in [2.24, 2.45) is 7.05 Å². The summed E-state index contributed by atoms with van der Waals surface area (Å²) in [6.07, 6.45) is 0. The van der Waals surface area contributed by atoms with Gasteiger partial charge in [0.15, 0.2) is 5.16 Å². The molecular weight excluding hydrogens is 320 g/mol. The van der Waals surface area contributed by atoms with Gasteiger partial charge in [-0.15, -0.1) is 0 Å². The second-order valence-electron chi connectivity index (χ2n) is 4.84. The highest BCUT2D eigenvalue weighted by atomic mass is 32.2. The number of fused-ring (bicyclic) bond motifs is 1. The van der Waals surface area contributed by atoms with Gasteiger partial charge in [0.25, 0.3) is 5.56 Å². The zero-order chi connectivity index (χ0) is 17.0. The smallest absolute Gasteiger partial charge is 0.325 e. The molecule has 2 N–H and O–H groups in total. The summed E-state index contributed by atoms with van der Waals surface area (Å²) in [6.45, 7) is 3.64. The highest BCUT2D eigenvalue weighted by Gasteiger charge is 2.13. The third-order valence-electron chi connectivity index (χ3n) is 3.02. The molecule has 2 aromatic heterocycles.